The Morgan fingerprint density at radius 1 is 1.14 bits per heavy atom. The highest BCUT2D eigenvalue weighted by Gasteiger charge is 2.25. The van der Waals surface area contributed by atoms with E-state index in [-0.39, 0.29) is 5.82 Å². The number of aliphatic carboxylic acids is 1. The highest BCUT2D eigenvalue weighted by atomic mass is 32.2. The Labute approximate surface area is 128 Å². The lowest BCUT2D eigenvalue weighted by Gasteiger charge is -2.12. The summed E-state index contributed by atoms with van der Waals surface area (Å²) in [5, 5.41) is 7.72. The van der Waals surface area contributed by atoms with Crippen molar-refractivity contribution in [3.05, 3.63) is 59.9 Å². The number of sulfone groups is 1. The molecule has 0 saturated heterocycles. The largest absolute Gasteiger partial charge is 0.480 e. The molecule has 0 aromatic heterocycles. The molecule has 0 radical (unpaired) electrons. The maximum Gasteiger partial charge on any atom is 0.318 e. The van der Waals surface area contributed by atoms with E-state index in [0.29, 0.717) is 16.7 Å². The summed E-state index contributed by atoms with van der Waals surface area (Å²) in [6.07, 6.45) is 0. The van der Waals surface area contributed by atoms with Gasteiger partial charge in [-0.05, 0) is 24.1 Å². The zero-order chi connectivity index (χ0) is 16.3. The molecule has 0 fully saturated rings. The van der Waals surface area contributed by atoms with Gasteiger partial charge in [0, 0.05) is 5.56 Å². The molecule has 1 unspecified atom stereocenters. The maximum absolute atomic E-state index is 13.7. The number of hydrogen-bond donors (Lipinski definition) is 1. The van der Waals surface area contributed by atoms with Gasteiger partial charge in [0.2, 0.25) is 0 Å². The van der Waals surface area contributed by atoms with E-state index in [0.717, 1.165) is 0 Å². The van der Waals surface area contributed by atoms with Gasteiger partial charge in [-0.15, -0.1) is 0 Å². The molecule has 1 atom stereocenters. The lowest BCUT2D eigenvalue weighted by molar-refractivity contribution is -0.134. The van der Waals surface area contributed by atoms with Gasteiger partial charge in [-0.25, -0.2) is 12.8 Å². The summed E-state index contributed by atoms with van der Waals surface area (Å²) in [5.41, 5.74) is 1.53. The summed E-state index contributed by atoms with van der Waals surface area (Å²) in [5.74, 6) is -2.65. The van der Waals surface area contributed by atoms with Crippen LogP contribution in [-0.2, 0) is 14.6 Å². The van der Waals surface area contributed by atoms with Crippen LogP contribution in [0.5, 0.6) is 0 Å². The SMILES string of the molecule is CC(c1ccc(-c2ccccc2F)cc1)S(=O)(=O)CC(=O)O. The molecule has 2 rings (SSSR count). The van der Waals surface area contributed by atoms with Crippen LogP contribution in [0.1, 0.15) is 17.7 Å². The van der Waals surface area contributed by atoms with Crippen molar-refractivity contribution in [3.63, 3.8) is 0 Å². The molecule has 2 aromatic carbocycles. The first-order chi connectivity index (χ1) is 10.3. The molecule has 0 aliphatic heterocycles. The van der Waals surface area contributed by atoms with E-state index >= 15 is 0 Å². The number of rotatable bonds is 5. The predicted octanol–water partition coefficient (Wildman–Crippen LogP) is 3.05. The number of carboxylic acids is 1. The molecule has 2 aromatic rings. The summed E-state index contributed by atoms with van der Waals surface area (Å²) in [6, 6.07) is 12.7. The van der Waals surface area contributed by atoms with Crippen molar-refractivity contribution in [1.82, 2.24) is 0 Å². The van der Waals surface area contributed by atoms with Crippen molar-refractivity contribution < 1.29 is 22.7 Å². The van der Waals surface area contributed by atoms with E-state index < -0.39 is 26.8 Å². The first-order valence-electron chi connectivity index (χ1n) is 6.59. The predicted molar refractivity (Wildman–Crippen MR) is 81.7 cm³/mol. The molecular formula is C16H15FO4S. The topological polar surface area (TPSA) is 71.4 Å². The molecule has 0 aliphatic carbocycles. The van der Waals surface area contributed by atoms with Gasteiger partial charge in [0.1, 0.15) is 11.6 Å². The van der Waals surface area contributed by atoms with Crippen molar-refractivity contribution in [3.8, 4) is 11.1 Å². The van der Waals surface area contributed by atoms with E-state index in [4.69, 9.17) is 5.11 Å². The second kappa shape index (κ2) is 6.27. The molecule has 22 heavy (non-hydrogen) atoms. The molecule has 6 heteroatoms. The number of carboxylic acid groups (broad SMARTS) is 1. The molecule has 0 saturated carbocycles. The first-order valence-corrected chi connectivity index (χ1v) is 8.31. The van der Waals surface area contributed by atoms with Crippen molar-refractivity contribution >= 4 is 15.8 Å². The van der Waals surface area contributed by atoms with E-state index in [1.54, 1.807) is 42.5 Å². The third kappa shape index (κ3) is 3.51. The molecular weight excluding hydrogens is 307 g/mol. The summed E-state index contributed by atoms with van der Waals surface area (Å²) in [6.45, 7) is 1.44. The van der Waals surface area contributed by atoms with Crippen molar-refractivity contribution in [2.24, 2.45) is 0 Å². The fourth-order valence-corrected chi connectivity index (χ4v) is 3.30. The first kappa shape index (κ1) is 16.2. The molecule has 0 aliphatic rings. The van der Waals surface area contributed by atoms with Crippen molar-refractivity contribution in [2.75, 3.05) is 5.75 Å². The molecule has 0 amide bonds. The van der Waals surface area contributed by atoms with Crippen LogP contribution >= 0.6 is 0 Å². The zero-order valence-corrected chi connectivity index (χ0v) is 12.7. The third-order valence-corrected chi connectivity index (χ3v) is 5.43. The number of hydrogen-bond acceptors (Lipinski definition) is 3. The smallest absolute Gasteiger partial charge is 0.318 e. The van der Waals surface area contributed by atoms with Gasteiger partial charge in [0.05, 0.1) is 5.25 Å². The van der Waals surface area contributed by atoms with Crippen molar-refractivity contribution in [1.29, 1.82) is 0 Å². The molecule has 0 bridgehead atoms. The van der Waals surface area contributed by atoms with E-state index in [1.807, 2.05) is 0 Å². The third-order valence-electron chi connectivity index (χ3n) is 3.43. The van der Waals surface area contributed by atoms with Gasteiger partial charge in [0.15, 0.2) is 9.84 Å². The van der Waals surface area contributed by atoms with Gasteiger partial charge in [-0.1, -0.05) is 42.5 Å². The van der Waals surface area contributed by atoms with E-state index in [9.17, 15) is 17.6 Å². The fraction of sp³-hybridized carbons (Fsp3) is 0.188. The van der Waals surface area contributed by atoms with Crippen molar-refractivity contribution in [2.45, 2.75) is 12.2 Å². The number of benzene rings is 2. The summed E-state index contributed by atoms with van der Waals surface area (Å²) in [4.78, 5) is 10.6. The van der Waals surface area contributed by atoms with Gasteiger partial charge in [-0.2, -0.15) is 0 Å². The minimum Gasteiger partial charge on any atom is -0.480 e. The molecule has 4 nitrogen and oxygen atoms in total. The van der Waals surface area contributed by atoms with Crippen LogP contribution in [0.25, 0.3) is 11.1 Å². The molecule has 0 spiro atoms. The number of halogens is 1. The van der Waals surface area contributed by atoms with Crippen LogP contribution in [0.3, 0.4) is 0 Å². The molecule has 1 N–H and O–H groups in total. The monoisotopic (exact) mass is 322 g/mol. The minimum atomic E-state index is -3.77. The van der Waals surface area contributed by atoms with Crippen LogP contribution < -0.4 is 0 Å². The van der Waals surface area contributed by atoms with Crippen LogP contribution in [0.15, 0.2) is 48.5 Å². The highest BCUT2D eigenvalue weighted by Crippen LogP contribution is 2.27. The van der Waals surface area contributed by atoms with Crippen LogP contribution in [-0.4, -0.2) is 25.2 Å². The lowest BCUT2D eigenvalue weighted by atomic mass is 10.0. The Balaban J connectivity index is 2.30. The van der Waals surface area contributed by atoms with Gasteiger partial charge in [-0.3, -0.25) is 4.79 Å². The quantitative estimate of drug-likeness (QED) is 0.918. The highest BCUT2D eigenvalue weighted by molar-refractivity contribution is 7.92. The second-order valence-corrected chi connectivity index (χ2v) is 7.27. The van der Waals surface area contributed by atoms with Gasteiger partial charge in [0.25, 0.3) is 0 Å². The Bertz CT molecular complexity index is 782. The average Bonchev–Trinajstić information content (AvgIpc) is 2.46. The Morgan fingerprint density at radius 3 is 2.27 bits per heavy atom. The van der Waals surface area contributed by atoms with Gasteiger partial charge >= 0.3 is 5.97 Å². The van der Waals surface area contributed by atoms with E-state index in [2.05, 4.69) is 0 Å². The molecule has 116 valence electrons. The second-order valence-electron chi connectivity index (χ2n) is 4.95. The summed E-state index contributed by atoms with van der Waals surface area (Å²) >= 11 is 0. The maximum atomic E-state index is 13.7. The summed E-state index contributed by atoms with van der Waals surface area (Å²) < 4.78 is 37.5. The average molecular weight is 322 g/mol. The summed E-state index contributed by atoms with van der Waals surface area (Å²) in [7, 11) is -3.77. The Kier molecular flexibility index (Phi) is 4.61. The van der Waals surface area contributed by atoms with Crippen LogP contribution in [0.2, 0.25) is 0 Å². The fourth-order valence-electron chi connectivity index (χ4n) is 2.13. The van der Waals surface area contributed by atoms with Gasteiger partial charge < -0.3 is 5.11 Å². The Hall–Kier alpha value is -2.21. The van der Waals surface area contributed by atoms with Crippen LogP contribution in [0.4, 0.5) is 4.39 Å². The van der Waals surface area contributed by atoms with E-state index in [1.165, 1.54) is 13.0 Å². The minimum absolute atomic E-state index is 0.359. The lowest BCUT2D eigenvalue weighted by Crippen LogP contribution is -2.20. The number of carbonyl (C=O) groups is 1. The molecule has 0 heterocycles. The normalized spacial score (nSPS) is 12.8. The standard InChI is InChI=1S/C16H15FO4S/c1-11(22(20,21)10-16(18)19)12-6-8-13(9-7-12)14-4-2-3-5-15(14)17/h2-9,11H,10H2,1H3,(H,18,19). The zero-order valence-electron chi connectivity index (χ0n) is 11.9. The van der Waals surface area contributed by atoms with Crippen LogP contribution in [0, 0.1) is 5.82 Å². The Morgan fingerprint density at radius 2 is 1.73 bits per heavy atom.